The van der Waals surface area contributed by atoms with Gasteiger partial charge in [0.1, 0.15) is 5.75 Å². The summed E-state index contributed by atoms with van der Waals surface area (Å²) < 4.78 is 5.37. The molecular formula is C14H23ClN2O. The first-order valence-electron chi connectivity index (χ1n) is 6.41. The summed E-state index contributed by atoms with van der Waals surface area (Å²) in [6, 6.07) is 5.77. The fourth-order valence-corrected chi connectivity index (χ4v) is 2.43. The minimum atomic E-state index is 0.0961. The smallest absolute Gasteiger partial charge is 0.125 e. The van der Waals surface area contributed by atoms with Gasteiger partial charge >= 0.3 is 0 Å². The van der Waals surface area contributed by atoms with E-state index in [0.717, 1.165) is 17.7 Å². The fraction of sp³-hybridized carbons (Fsp3) is 0.571. The summed E-state index contributed by atoms with van der Waals surface area (Å²) in [5.74, 6) is 7.08. The molecule has 18 heavy (non-hydrogen) atoms. The van der Waals surface area contributed by atoms with Crippen molar-refractivity contribution in [2.24, 2.45) is 11.8 Å². The second-order valence-corrected chi connectivity index (χ2v) is 5.17. The minimum absolute atomic E-state index is 0.0961. The first-order valence-corrected chi connectivity index (χ1v) is 6.79. The summed E-state index contributed by atoms with van der Waals surface area (Å²) in [7, 11) is 1.65. The van der Waals surface area contributed by atoms with Crippen LogP contribution < -0.4 is 16.0 Å². The van der Waals surface area contributed by atoms with Crippen molar-refractivity contribution < 1.29 is 4.74 Å². The second-order valence-electron chi connectivity index (χ2n) is 4.74. The Morgan fingerprint density at radius 3 is 2.72 bits per heavy atom. The van der Waals surface area contributed by atoms with Gasteiger partial charge < -0.3 is 4.74 Å². The lowest BCUT2D eigenvalue weighted by Gasteiger charge is -2.22. The maximum absolute atomic E-state index is 5.97. The lowest BCUT2D eigenvalue weighted by molar-refractivity contribution is 0.367. The summed E-state index contributed by atoms with van der Waals surface area (Å²) in [4.78, 5) is 0. The van der Waals surface area contributed by atoms with Crippen molar-refractivity contribution in [1.29, 1.82) is 0 Å². The Balaban J connectivity index is 2.87. The van der Waals surface area contributed by atoms with Gasteiger partial charge in [0.2, 0.25) is 0 Å². The van der Waals surface area contributed by atoms with Crippen molar-refractivity contribution in [3.8, 4) is 5.75 Å². The van der Waals surface area contributed by atoms with Crippen LogP contribution in [0.15, 0.2) is 18.2 Å². The zero-order valence-corrected chi connectivity index (χ0v) is 12.1. The molecule has 0 saturated carbocycles. The summed E-state index contributed by atoms with van der Waals surface area (Å²) in [5, 5.41) is 0.674. The molecule has 0 saturated heterocycles. The normalized spacial score (nSPS) is 14.3. The molecular weight excluding hydrogens is 248 g/mol. The van der Waals surface area contributed by atoms with Crippen molar-refractivity contribution in [3.05, 3.63) is 28.8 Å². The van der Waals surface area contributed by atoms with E-state index >= 15 is 0 Å². The van der Waals surface area contributed by atoms with Crippen LogP contribution in [0.5, 0.6) is 5.75 Å². The quantitative estimate of drug-likeness (QED) is 0.587. The van der Waals surface area contributed by atoms with Crippen molar-refractivity contribution >= 4 is 11.6 Å². The number of nitrogens with two attached hydrogens (primary N) is 1. The Hall–Kier alpha value is -0.770. The molecule has 0 bridgehead atoms. The highest BCUT2D eigenvalue weighted by Gasteiger charge is 2.17. The molecule has 0 radical (unpaired) electrons. The lowest BCUT2D eigenvalue weighted by Crippen LogP contribution is -2.29. The third-order valence-electron chi connectivity index (χ3n) is 3.19. The van der Waals surface area contributed by atoms with Gasteiger partial charge in [0.05, 0.1) is 7.11 Å². The van der Waals surface area contributed by atoms with E-state index in [1.54, 1.807) is 7.11 Å². The van der Waals surface area contributed by atoms with E-state index in [1.807, 2.05) is 18.2 Å². The Bertz CT molecular complexity index is 371. The number of hydrazine groups is 1. The third kappa shape index (κ3) is 4.16. The monoisotopic (exact) mass is 270 g/mol. The van der Waals surface area contributed by atoms with E-state index in [1.165, 1.54) is 12.8 Å². The molecule has 1 aromatic rings. The molecule has 0 spiro atoms. The number of halogens is 1. The molecule has 3 nitrogen and oxygen atoms in total. The van der Waals surface area contributed by atoms with Gasteiger partial charge in [0.15, 0.2) is 0 Å². The van der Waals surface area contributed by atoms with Gasteiger partial charge in [-0.2, -0.15) is 0 Å². The number of methoxy groups -OCH3 is 1. The molecule has 0 heterocycles. The SMILES string of the molecule is CCCC(C)CC(NN)c1ccc(Cl)cc1OC. The maximum atomic E-state index is 5.97. The van der Waals surface area contributed by atoms with Crippen LogP contribution in [0.4, 0.5) is 0 Å². The molecule has 0 amide bonds. The zero-order chi connectivity index (χ0) is 13.5. The summed E-state index contributed by atoms with van der Waals surface area (Å²) in [6.45, 7) is 4.44. The summed E-state index contributed by atoms with van der Waals surface area (Å²) >= 11 is 5.97. The van der Waals surface area contributed by atoms with Crippen LogP contribution in [-0.4, -0.2) is 7.11 Å². The Morgan fingerprint density at radius 1 is 1.44 bits per heavy atom. The average Bonchev–Trinajstić information content (AvgIpc) is 2.36. The Kier molecular flexibility index (Phi) is 6.47. The highest BCUT2D eigenvalue weighted by molar-refractivity contribution is 6.30. The fourth-order valence-electron chi connectivity index (χ4n) is 2.27. The number of benzene rings is 1. The van der Waals surface area contributed by atoms with Crippen LogP contribution in [0.25, 0.3) is 0 Å². The first-order chi connectivity index (χ1) is 8.62. The maximum Gasteiger partial charge on any atom is 0.125 e. The van der Waals surface area contributed by atoms with Crippen LogP contribution in [-0.2, 0) is 0 Å². The van der Waals surface area contributed by atoms with Crippen LogP contribution in [0.2, 0.25) is 5.02 Å². The van der Waals surface area contributed by atoms with E-state index in [0.29, 0.717) is 10.9 Å². The molecule has 0 aromatic heterocycles. The van der Waals surface area contributed by atoms with E-state index in [9.17, 15) is 0 Å². The topological polar surface area (TPSA) is 47.3 Å². The molecule has 3 N–H and O–H groups in total. The average molecular weight is 271 g/mol. The number of hydrogen-bond acceptors (Lipinski definition) is 3. The lowest BCUT2D eigenvalue weighted by atomic mass is 9.93. The Labute approximate surface area is 115 Å². The molecule has 0 aliphatic rings. The third-order valence-corrected chi connectivity index (χ3v) is 3.43. The van der Waals surface area contributed by atoms with E-state index < -0.39 is 0 Å². The standard InChI is InChI=1S/C14H23ClN2O/c1-4-5-10(2)8-13(17-16)12-7-6-11(15)9-14(12)18-3/h6-7,9-10,13,17H,4-5,8,16H2,1-3H3. The number of nitrogens with one attached hydrogen (secondary N) is 1. The molecule has 102 valence electrons. The van der Waals surface area contributed by atoms with Crippen molar-refractivity contribution in [2.75, 3.05) is 7.11 Å². The van der Waals surface area contributed by atoms with Gasteiger partial charge in [-0.05, 0) is 24.5 Å². The van der Waals surface area contributed by atoms with E-state index in [-0.39, 0.29) is 6.04 Å². The predicted octanol–water partition coefficient (Wildman–Crippen LogP) is 3.68. The molecule has 2 atom stereocenters. The molecule has 0 aliphatic heterocycles. The molecule has 1 rings (SSSR count). The van der Waals surface area contributed by atoms with Gasteiger partial charge in [0.25, 0.3) is 0 Å². The summed E-state index contributed by atoms with van der Waals surface area (Å²) in [5.41, 5.74) is 3.94. The second kappa shape index (κ2) is 7.62. The predicted molar refractivity (Wildman–Crippen MR) is 76.8 cm³/mol. The number of hydrogen-bond donors (Lipinski definition) is 2. The zero-order valence-electron chi connectivity index (χ0n) is 11.4. The molecule has 0 fully saturated rings. The largest absolute Gasteiger partial charge is 0.496 e. The van der Waals surface area contributed by atoms with Crippen LogP contribution in [0.1, 0.15) is 44.7 Å². The van der Waals surface area contributed by atoms with Gasteiger partial charge in [-0.15, -0.1) is 0 Å². The molecule has 0 aliphatic carbocycles. The van der Waals surface area contributed by atoms with Gasteiger partial charge in [0, 0.05) is 16.6 Å². The first kappa shape index (κ1) is 15.3. The van der Waals surface area contributed by atoms with Crippen LogP contribution >= 0.6 is 11.6 Å². The van der Waals surface area contributed by atoms with Gasteiger partial charge in [-0.3, -0.25) is 11.3 Å². The summed E-state index contributed by atoms with van der Waals surface area (Å²) in [6.07, 6.45) is 3.38. The molecule has 1 aromatic carbocycles. The van der Waals surface area contributed by atoms with Crippen LogP contribution in [0.3, 0.4) is 0 Å². The number of ether oxygens (including phenoxy) is 1. The van der Waals surface area contributed by atoms with Crippen molar-refractivity contribution in [2.45, 2.75) is 39.2 Å². The van der Waals surface area contributed by atoms with Crippen LogP contribution in [0, 0.1) is 5.92 Å². The number of rotatable bonds is 7. The Morgan fingerprint density at radius 2 is 2.17 bits per heavy atom. The molecule has 2 unspecified atom stereocenters. The molecule has 4 heteroatoms. The highest BCUT2D eigenvalue weighted by atomic mass is 35.5. The van der Waals surface area contributed by atoms with Gasteiger partial charge in [-0.1, -0.05) is 44.4 Å². The highest BCUT2D eigenvalue weighted by Crippen LogP contribution is 2.32. The van der Waals surface area contributed by atoms with E-state index in [4.69, 9.17) is 22.2 Å². The minimum Gasteiger partial charge on any atom is -0.496 e. The van der Waals surface area contributed by atoms with E-state index in [2.05, 4.69) is 19.3 Å². The van der Waals surface area contributed by atoms with Crippen molar-refractivity contribution in [1.82, 2.24) is 5.43 Å². The van der Waals surface area contributed by atoms with Gasteiger partial charge in [-0.25, -0.2) is 0 Å². The van der Waals surface area contributed by atoms with Crippen molar-refractivity contribution in [3.63, 3.8) is 0 Å².